The second-order valence-electron chi connectivity index (χ2n) is 4.41. The van der Waals surface area contributed by atoms with E-state index in [1.165, 1.54) is 0 Å². The second-order valence-corrected chi connectivity index (χ2v) is 4.41. The first-order chi connectivity index (χ1) is 8.29. The molecule has 2 rings (SSSR count). The Morgan fingerprint density at radius 2 is 2.53 bits per heavy atom. The van der Waals surface area contributed by atoms with Gasteiger partial charge in [-0.15, -0.1) is 0 Å². The molecule has 1 fully saturated rings. The van der Waals surface area contributed by atoms with Gasteiger partial charge in [-0.3, -0.25) is 9.69 Å². The van der Waals surface area contributed by atoms with E-state index < -0.39 is 0 Å². The maximum atomic E-state index is 11.7. The lowest BCUT2D eigenvalue weighted by atomic mass is 9.98. The number of carbonyl (C=O) groups excluding carboxylic acids is 1. The summed E-state index contributed by atoms with van der Waals surface area (Å²) in [5, 5.41) is 0. The van der Waals surface area contributed by atoms with E-state index in [1.54, 1.807) is 6.26 Å². The van der Waals surface area contributed by atoms with Crippen molar-refractivity contribution < 1.29 is 13.9 Å². The number of nitrogens with zero attached hydrogens (tertiary/aromatic N) is 1. The van der Waals surface area contributed by atoms with Gasteiger partial charge in [-0.05, 0) is 38.4 Å². The van der Waals surface area contributed by atoms with Crippen LogP contribution in [-0.4, -0.2) is 30.6 Å². The summed E-state index contributed by atoms with van der Waals surface area (Å²) in [6, 6.07) is 3.86. The zero-order valence-corrected chi connectivity index (χ0v) is 10.2. The average molecular weight is 237 g/mol. The molecule has 1 aromatic heterocycles. The number of likely N-dealkylation sites (tertiary alicyclic amines) is 1. The SMILES string of the molecule is CCOC(=O)C1CCCN(Cc2ccco2)C1. The molecule has 1 aromatic rings. The van der Waals surface area contributed by atoms with Crippen LogP contribution in [0.25, 0.3) is 0 Å². The van der Waals surface area contributed by atoms with Crippen molar-refractivity contribution in [2.24, 2.45) is 5.92 Å². The fourth-order valence-electron chi connectivity index (χ4n) is 2.27. The van der Waals surface area contributed by atoms with Crippen LogP contribution in [0.3, 0.4) is 0 Å². The van der Waals surface area contributed by atoms with Crippen LogP contribution in [0.2, 0.25) is 0 Å². The number of hydrogen-bond acceptors (Lipinski definition) is 4. The van der Waals surface area contributed by atoms with Crippen molar-refractivity contribution in [2.45, 2.75) is 26.3 Å². The summed E-state index contributed by atoms with van der Waals surface area (Å²) in [6.45, 7) is 4.90. The van der Waals surface area contributed by atoms with E-state index in [9.17, 15) is 4.79 Å². The Labute approximate surface area is 102 Å². The monoisotopic (exact) mass is 237 g/mol. The summed E-state index contributed by atoms with van der Waals surface area (Å²) in [4.78, 5) is 13.9. The van der Waals surface area contributed by atoms with Crippen molar-refractivity contribution in [3.63, 3.8) is 0 Å². The number of piperidine rings is 1. The summed E-state index contributed by atoms with van der Waals surface area (Å²) in [5.41, 5.74) is 0. The van der Waals surface area contributed by atoms with Crippen LogP contribution in [0.4, 0.5) is 0 Å². The molecule has 0 amide bonds. The van der Waals surface area contributed by atoms with Gasteiger partial charge < -0.3 is 9.15 Å². The fourth-order valence-corrected chi connectivity index (χ4v) is 2.27. The highest BCUT2D eigenvalue weighted by Crippen LogP contribution is 2.19. The van der Waals surface area contributed by atoms with Crippen molar-refractivity contribution >= 4 is 5.97 Å². The van der Waals surface area contributed by atoms with Gasteiger partial charge in [-0.2, -0.15) is 0 Å². The molecule has 0 saturated carbocycles. The standard InChI is InChI=1S/C13H19NO3/c1-2-16-13(15)11-5-3-7-14(9-11)10-12-6-4-8-17-12/h4,6,8,11H,2-3,5,7,9-10H2,1H3. The van der Waals surface area contributed by atoms with Crippen LogP contribution in [0.5, 0.6) is 0 Å². The van der Waals surface area contributed by atoms with Crippen molar-refractivity contribution in [3.05, 3.63) is 24.2 Å². The van der Waals surface area contributed by atoms with E-state index in [2.05, 4.69) is 4.90 Å². The highest BCUT2D eigenvalue weighted by molar-refractivity contribution is 5.72. The Balaban J connectivity index is 1.86. The maximum Gasteiger partial charge on any atom is 0.310 e. The van der Waals surface area contributed by atoms with Crippen LogP contribution in [0.1, 0.15) is 25.5 Å². The first kappa shape index (κ1) is 12.2. The van der Waals surface area contributed by atoms with E-state index in [1.807, 2.05) is 19.1 Å². The molecule has 0 N–H and O–H groups in total. The third-order valence-electron chi connectivity index (χ3n) is 3.08. The third-order valence-corrected chi connectivity index (χ3v) is 3.08. The van der Waals surface area contributed by atoms with E-state index in [0.29, 0.717) is 6.61 Å². The Morgan fingerprint density at radius 3 is 3.24 bits per heavy atom. The first-order valence-corrected chi connectivity index (χ1v) is 6.21. The van der Waals surface area contributed by atoms with Crippen LogP contribution in [0.15, 0.2) is 22.8 Å². The minimum Gasteiger partial charge on any atom is -0.468 e. The summed E-state index contributed by atoms with van der Waals surface area (Å²) in [7, 11) is 0. The van der Waals surface area contributed by atoms with Gasteiger partial charge in [0.2, 0.25) is 0 Å². The van der Waals surface area contributed by atoms with Crippen molar-refractivity contribution in [3.8, 4) is 0 Å². The van der Waals surface area contributed by atoms with Gasteiger partial charge in [0.1, 0.15) is 5.76 Å². The molecular weight excluding hydrogens is 218 g/mol. The quantitative estimate of drug-likeness (QED) is 0.752. The van der Waals surface area contributed by atoms with Crippen LogP contribution in [-0.2, 0) is 16.1 Å². The van der Waals surface area contributed by atoms with Gasteiger partial charge in [0.25, 0.3) is 0 Å². The van der Waals surface area contributed by atoms with Crippen LogP contribution >= 0.6 is 0 Å². The molecule has 1 atom stereocenters. The lowest BCUT2D eigenvalue weighted by Crippen LogP contribution is -2.38. The molecular formula is C13H19NO3. The maximum absolute atomic E-state index is 11.7. The summed E-state index contributed by atoms with van der Waals surface area (Å²) in [5.74, 6) is 0.921. The molecule has 1 saturated heterocycles. The number of furan rings is 1. The number of carbonyl (C=O) groups is 1. The Bertz CT molecular complexity index is 348. The Morgan fingerprint density at radius 1 is 1.65 bits per heavy atom. The molecule has 0 radical (unpaired) electrons. The summed E-state index contributed by atoms with van der Waals surface area (Å²) < 4.78 is 10.4. The lowest BCUT2D eigenvalue weighted by Gasteiger charge is -2.30. The molecule has 0 aliphatic carbocycles. The summed E-state index contributed by atoms with van der Waals surface area (Å²) in [6.07, 6.45) is 3.67. The topological polar surface area (TPSA) is 42.7 Å². The largest absolute Gasteiger partial charge is 0.468 e. The van der Waals surface area contributed by atoms with E-state index >= 15 is 0 Å². The van der Waals surface area contributed by atoms with Crippen molar-refractivity contribution in [2.75, 3.05) is 19.7 Å². The van der Waals surface area contributed by atoms with Crippen molar-refractivity contribution in [1.82, 2.24) is 4.90 Å². The van der Waals surface area contributed by atoms with Gasteiger partial charge in [0.05, 0.1) is 25.3 Å². The molecule has 0 aromatic carbocycles. The number of rotatable bonds is 4. The molecule has 1 aliphatic heterocycles. The normalized spacial score (nSPS) is 21.4. The van der Waals surface area contributed by atoms with Gasteiger partial charge in [-0.1, -0.05) is 0 Å². The molecule has 0 bridgehead atoms. The van der Waals surface area contributed by atoms with Gasteiger partial charge in [0, 0.05) is 6.54 Å². The zero-order chi connectivity index (χ0) is 12.1. The van der Waals surface area contributed by atoms with Crippen LogP contribution in [0, 0.1) is 5.92 Å². The fraction of sp³-hybridized carbons (Fsp3) is 0.615. The molecule has 17 heavy (non-hydrogen) atoms. The molecule has 2 heterocycles. The van der Waals surface area contributed by atoms with Crippen molar-refractivity contribution in [1.29, 1.82) is 0 Å². The predicted molar refractivity (Wildman–Crippen MR) is 63.3 cm³/mol. The number of ether oxygens (including phenoxy) is 1. The molecule has 0 spiro atoms. The van der Waals surface area contributed by atoms with E-state index in [0.717, 1.165) is 38.2 Å². The molecule has 94 valence electrons. The Kier molecular flexibility index (Phi) is 4.20. The highest BCUT2D eigenvalue weighted by atomic mass is 16.5. The van der Waals surface area contributed by atoms with Gasteiger partial charge in [-0.25, -0.2) is 0 Å². The molecule has 4 heteroatoms. The van der Waals surface area contributed by atoms with E-state index in [4.69, 9.17) is 9.15 Å². The molecule has 1 aliphatic rings. The second kappa shape index (κ2) is 5.87. The number of hydrogen-bond donors (Lipinski definition) is 0. The lowest BCUT2D eigenvalue weighted by molar-refractivity contribution is -0.150. The Hall–Kier alpha value is -1.29. The van der Waals surface area contributed by atoms with E-state index in [-0.39, 0.29) is 11.9 Å². The average Bonchev–Trinajstić information content (AvgIpc) is 2.82. The number of esters is 1. The smallest absolute Gasteiger partial charge is 0.310 e. The third kappa shape index (κ3) is 3.33. The molecule has 4 nitrogen and oxygen atoms in total. The zero-order valence-electron chi connectivity index (χ0n) is 10.2. The molecule has 1 unspecified atom stereocenters. The highest BCUT2D eigenvalue weighted by Gasteiger charge is 2.26. The summed E-state index contributed by atoms with van der Waals surface area (Å²) >= 11 is 0. The van der Waals surface area contributed by atoms with Crippen LogP contribution < -0.4 is 0 Å². The van der Waals surface area contributed by atoms with Gasteiger partial charge in [0.15, 0.2) is 0 Å². The van der Waals surface area contributed by atoms with Gasteiger partial charge >= 0.3 is 5.97 Å². The minimum absolute atomic E-state index is 0.0265. The minimum atomic E-state index is -0.0587. The first-order valence-electron chi connectivity index (χ1n) is 6.21. The predicted octanol–water partition coefficient (Wildman–Crippen LogP) is 2.05.